The molecule has 0 spiro atoms. The molecule has 0 aromatic heterocycles. The second-order valence-electron chi connectivity index (χ2n) is 4.66. The fourth-order valence-electron chi connectivity index (χ4n) is 2.32. The molecule has 1 aliphatic rings. The van der Waals surface area contributed by atoms with Crippen LogP contribution < -0.4 is 0 Å². The predicted octanol–water partition coefficient (Wildman–Crippen LogP) is 2.83. The summed E-state index contributed by atoms with van der Waals surface area (Å²) in [4.78, 5) is 16.9. The van der Waals surface area contributed by atoms with Gasteiger partial charge in [-0.15, -0.1) is 0 Å². The lowest BCUT2D eigenvalue weighted by molar-refractivity contribution is 0.0761. The van der Waals surface area contributed by atoms with Gasteiger partial charge < -0.3 is 9.80 Å². The van der Waals surface area contributed by atoms with Crippen LogP contribution in [0.2, 0.25) is 0 Å². The van der Waals surface area contributed by atoms with E-state index in [1.165, 1.54) is 0 Å². The Kier molecular flexibility index (Phi) is 6.09. The molecule has 1 amide bonds. The predicted molar refractivity (Wildman–Crippen MR) is 89.9 cm³/mol. The van der Waals surface area contributed by atoms with Crippen molar-refractivity contribution < 1.29 is 4.79 Å². The van der Waals surface area contributed by atoms with E-state index in [0.717, 1.165) is 53.6 Å². The summed E-state index contributed by atoms with van der Waals surface area (Å²) in [7, 11) is 0. The minimum Gasteiger partial charge on any atom is -0.337 e. The molecule has 0 unspecified atom stereocenters. The number of hydrogen-bond acceptors (Lipinski definition) is 2. The van der Waals surface area contributed by atoms with E-state index in [0.29, 0.717) is 0 Å². The van der Waals surface area contributed by atoms with Gasteiger partial charge in [-0.05, 0) is 47.7 Å². The standard InChI is InChI=1S/C14H18BrIN2O/c15-6-9-17-7-3-8-18(11-10-17)14(19)12-4-1-2-5-13(12)16/h1-2,4-5H,3,6-11H2. The van der Waals surface area contributed by atoms with Crippen LogP contribution in [0.1, 0.15) is 16.8 Å². The van der Waals surface area contributed by atoms with Gasteiger partial charge in [0.1, 0.15) is 0 Å². The van der Waals surface area contributed by atoms with Gasteiger partial charge in [0.2, 0.25) is 0 Å². The minimum atomic E-state index is 0.172. The molecule has 0 aliphatic carbocycles. The molecule has 0 radical (unpaired) electrons. The van der Waals surface area contributed by atoms with Crippen LogP contribution >= 0.6 is 38.5 Å². The molecule has 1 saturated heterocycles. The number of hydrogen-bond donors (Lipinski definition) is 0. The lowest BCUT2D eigenvalue weighted by Gasteiger charge is -2.22. The van der Waals surface area contributed by atoms with Crippen LogP contribution in [-0.4, -0.2) is 53.8 Å². The molecule has 1 heterocycles. The molecule has 1 fully saturated rings. The van der Waals surface area contributed by atoms with E-state index in [4.69, 9.17) is 0 Å². The minimum absolute atomic E-state index is 0.172. The van der Waals surface area contributed by atoms with E-state index in [-0.39, 0.29) is 5.91 Å². The molecule has 0 N–H and O–H groups in total. The third-order valence-electron chi connectivity index (χ3n) is 3.38. The Morgan fingerprint density at radius 3 is 2.74 bits per heavy atom. The van der Waals surface area contributed by atoms with Gasteiger partial charge in [-0.3, -0.25) is 4.79 Å². The smallest absolute Gasteiger partial charge is 0.254 e. The zero-order valence-electron chi connectivity index (χ0n) is 10.8. The number of halogens is 2. The normalized spacial score (nSPS) is 17.3. The highest BCUT2D eigenvalue weighted by Gasteiger charge is 2.21. The maximum Gasteiger partial charge on any atom is 0.254 e. The molecule has 1 aliphatic heterocycles. The Bertz CT molecular complexity index is 441. The summed E-state index contributed by atoms with van der Waals surface area (Å²) >= 11 is 5.71. The average molecular weight is 437 g/mol. The first-order valence-corrected chi connectivity index (χ1v) is 8.74. The summed E-state index contributed by atoms with van der Waals surface area (Å²) in [6, 6.07) is 7.82. The lowest BCUT2D eigenvalue weighted by atomic mass is 10.2. The van der Waals surface area contributed by atoms with Crippen molar-refractivity contribution in [1.29, 1.82) is 0 Å². The third kappa shape index (κ3) is 4.16. The molecule has 1 aromatic rings. The first-order chi connectivity index (χ1) is 9.22. The van der Waals surface area contributed by atoms with Gasteiger partial charge in [-0.1, -0.05) is 28.1 Å². The number of nitrogens with zero attached hydrogens (tertiary/aromatic N) is 2. The van der Waals surface area contributed by atoms with E-state index in [1.807, 2.05) is 29.2 Å². The van der Waals surface area contributed by atoms with E-state index < -0.39 is 0 Å². The summed E-state index contributed by atoms with van der Waals surface area (Å²) in [5.74, 6) is 0.172. The molecule has 19 heavy (non-hydrogen) atoms. The van der Waals surface area contributed by atoms with Crippen LogP contribution in [-0.2, 0) is 0 Å². The maximum atomic E-state index is 12.5. The molecule has 0 bridgehead atoms. The van der Waals surface area contributed by atoms with Crippen molar-refractivity contribution in [2.24, 2.45) is 0 Å². The van der Waals surface area contributed by atoms with Gasteiger partial charge in [0.05, 0.1) is 5.56 Å². The Hall–Kier alpha value is -0.140. The Balaban J connectivity index is 2.02. The van der Waals surface area contributed by atoms with Gasteiger partial charge in [-0.25, -0.2) is 0 Å². The SMILES string of the molecule is O=C(c1ccccc1I)N1CCCN(CCBr)CC1. The number of carbonyl (C=O) groups is 1. The molecule has 0 atom stereocenters. The quantitative estimate of drug-likeness (QED) is 0.537. The van der Waals surface area contributed by atoms with Crippen molar-refractivity contribution in [1.82, 2.24) is 9.80 Å². The molecule has 5 heteroatoms. The van der Waals surface area contributed by atoms with Crippen molar-refractivity contribution in [2.45, 2.75) is 6.42 Å². The summed E-state index contributed by atoms with van der Waals surface area (Å²) in [6.07, 6.45) is 1.06. The van der Waals surface area contributed by atoms with Gasteiger partial charge in [-0.2, -0.15) is 0 Å². The van der Waals surface area contributed by atoms with Gasteiger partial charge >= 0.3 is 0 Å². The van der Waals surface area contributed by atoms with Crippen molar-refractivity contribution in [2.75, 3.05) is 38.1 Å². The number of amides is 1. The molecular weight excluding hydrogens is 419 g/mol. The van der Waals surface area contributed by atoms with Gasteiger partial charge in [0.25, 0.3) is 5.91 Å². The number of benzene rings is 1. The Labute approximate surface area is 136 Å². The van der Waals surface area contributed by atoms with Crippen LogP contribution in [0.4, 0.5) is 0 Å². The highest BCUT2D eigenvalue weighted by Crippen LogP contribution is 2.15. The van der Waals surface area contributed by atoms with Crippen LogP contribution in [0.5, 0.6) is 0 Å². The van der Waals surface area contributed by atoms with Crippen LogP contribution in [0.3, 0.4) is 0 Å². The van der Waals surface area contributed by atoms with E-state index >= 15 is 0 Å². The summed E-state index contributed by atoms with van der Waals surface area (Å²) in [5.41, 5.74) is 0.831. The monoisotopic (exact) mass is 436 g/mol. The fourth-order valence-corrected chi connectivity index (χ4v) is 3.44. The van der Waals surface area contributed by atoms with Crippen molar-refractivity contribution in [3.05, 3.63) is 33.4 Å². The summed E-state index contributed by atoms with van der Waals surface area (Å²) in [5, 5.41) is 0.998. The van der Waals surface area contributed by atoms with Crippen molar-refractivity contribution >= 4 is 44.4 Å². The number of alkyl halides is 1. The van der Waals surface area contributed by atoms with Crippen molar-refractivity contribution in [3.8, 4) is 0 Å². The van der Waals surface area contributed by atoms with Crippen LogP contribution in [0.25, 0.3) is 0 Å². The van der Waals surface area contributed by atoms with Gasteiger partial charge in [0, 0.05) is 35.1 Å². The summed E-state index contributed by atoms with van der Waals surface area (Å²) < 4.78 is 1.03. The number of rotatable bonds is 3. The summed E-state index contributed by atoms with van der Waals surface area (Å²) in [6.45, 7) is 4.81. The van der Waals surface area contributed by atoms with Crippen LogP contribution in [0.15, 0.2) is 24.3 Å². The highest BCUT2D eigenvalue weighted by atomic mass is 127. The van der Waals surface area contributed by atoms with Crippen LogP contribution in [0, 0.1) is 3.57 Å². The zero-order chi connectivity index (χ0) is 13.7. The topological polar surface area (TPSA) is 23.6 Å². The van der Waals surface area contributed by atoms with E-state index in [1.54, 1.807) is 0 Å². The molecule has 104 valence electrons. The molecule has 1 aromatic carbocycles. The zero-order valence-corrected chi connectivity index (χ0v) is 14.6. The Morgan fingerprint density at radius 1 is 1.21 bits per heavy atom. The lowest BCUT2D eigenvalue weighted by Crippen LogP contribution is -2.36. The molecule has 0 saturated carbocycles. The largest absolute Gasteiger partial charge is 0.337 e. The van der Waals surface area contributed by atoms with E-state index in [2.05, 4.69) is 43.4 Å². The fraction of sp³-hybridized carbons (Fsp3) is 0.500. The number of carbonyl (C=O) groups excluding carboxylic acids is 1. The highest BCUT2D eigenvalue weighted by molar-refractivity contribution is 14.1. The maximum absolute atomic E-state index is 12.5. The first-order valence-electron chi connectivity index (χ1n) is 6.54. The molecule has 2 rings (SSSR count). The molecule has 3 nitrogen and oxygen atoms in total. The third-order valence-corrected chi connectivity index (χ3v) is 4.68. The molecular formula is C14H18BrIN2O. The Morgan fingerprint density at radius 2 is 2.00 bits per heavy atom. The van der Waals surface area contributed by atoms with Crippen molar-refractivity contribution in [3.63, 3.8) is 0 Å². The second-order valence-corrected chi connectivity index (χ2v) is 6.61. The van der Waals surface area contributed by atoms with E-state index in [9.17, 15) is 4.79 Å². The first kappa shape index (κ1) is 15.3. The average Bonchev–Trinajstić information content (AvgIpc) is 2.65. The second kappa shape index (κ2) is 7.59. The van der Waals surface area contributed by atoms with Gasteiger partial charge in [0.15, 0.2) is 0 Å².